The molecule has 3 heterocycles. The molecule has 7 nitrogen and oxygen atoms in total. The monoisotopic (exact) mass is 529 g/mol. The number of hydrogen-bond donors (Lipinski definition) is 0. The molecule has 0 radical (unpaired) electrons. The van der Waals surface area contributed by atoms with Gasteiger partial charge in [0.25, 0.3) is 0 Å². The number of fused-ring (bicyclic) bond motifs is 1. The summed E-state index contributed by atoms with van der Waals surface area (Å²) in [7, 11) is 3.41. The number of halogens is 1. The first-order valence-corrected chi connectivity index (χ1v) is 14.0. The smallest absolute Gasteiger partial charge is 0.161 e. The van der Waals surface area contributed by atoms with E-state index in [0.29, 0.717) is 23.7 Å². The van der Waals surface area contributed by atoms with Crippen molar-refractivity contribution >= 4 is 17.3 Å². The van der Waals surface area contributed by atoms with E-state index in [1.807, 2.05) is 6.07 Å². The standard InChI is InChI=1S/C29H40ClN3O4/c1-34-28-20-23(8-9-25(28)30)32-12-13-33-24(21-32)5-3-6-26(33)22-7-10-27(29(19-22)35-2)37-16-4-11-31-14-17-36-18-15-31/h7-10,19-20,24,26H,3-6,11-18,21H2,1-2H3/t24?,26-/m1/s1. The molecule has 1 unspecified atom stereocenters. The van der Waals surface area contributed by atoms with Crippen molar-refractivity contribution in [2.75, 3.05) is 78.2 Å². The van der Waals surface area contributed by atoms with E-state index >= 15 is 0 Å². The number of piperazine rings is 1. The zero-order valence-electron chi connectivity index (χ0n) is 22.2. The molecule has 8 heteroatoms. The minimum Gasteiger partial charge on any atom is -0.495 e. The van der Waals surface area contributed by atoms with Gasteiger partial charge in [0.05, 0.1) is 39.1 Å². The van der Waals surface area contributed by atoms with E-state index in [1.54, 1.807) is 14.2 Å². The number of benzene rings is 2. The fourth-order valence-electron chi connectivity index (χ4n) is 5.99. The van der Waals surface area contributed by atoms with Crippen molar-refractivity contribution in [1.29, 1.82) is 0 Å². The summed E-state index contributed by atoms with van der Waals surface area (Å²) in [6, 6.07) is 13.6. The molecule has 2 atom stereocenters. The molecule has 5 rings (SSSR count). The largest absolute Gasteiger partial charge is 0.495 e. The van der Waals surface area contributed by atoms with Gasteiger partial charge < -0.3 is 23.8 Å². The highest BCUT2D eigenvalue weighted by atomic mass is 35.5. The van der Waals surface area contributed by atoms with Crippen LogP contribution in [0.25, 0.3) is 0 Å². The quantitative estimate of drug-likeness (QED) is 0.429. The van der Waals surface area contributed by atoms with Crippen molar-refractivity contribution in [2.24, 2.45) is 0 Å². The van der Waals surface area contributed by atoms with Gasteiger partial charge in [-0.3, -0.25) is 9.80 Å². The second-order valence-electron chi connectivity index (χ2n) is 10.2. The number of ether oxygens (including phenoxy) is 4. The van der Waals surface area contributed by atoms with Gasteiger partial charge in [0.2, 0.25) is 0 Å². The van der Waals surface area contributed by atoms with Crippen LogP contribution in [-0.2, 0) is 4.74 Å². The van der Waals surface area contributed by atoms with Crippen molar-refractivity contribution in [3.8, 4) is 17.2 Å². The topological polar surface area (TPSA) is 46.6 Å². The van der Waals surface area contributed by atoms with Gasteiger partial charge in [-0.1, -0.05) is 17.7 Å². The van der Waals surface area contributed by atoms with Gasteiger partial charge in [0.15, 0.2) is 11.5 Å². The van der Waals surface area contributed by atoms with Crippen molar-refractivity contribution in [2.45, 2.75) is 37.8 Å². The normalized spacial score (nSPS) is 22.9. The molecule has 0 aromatic heterocycles. The molecular formula is C29H40ClN3O4. The molecule has 0 bridgehead atoms. The number of rotatable bonds is 9. The molecule has 3 saturated heterocycles. The van der Waals surface area contributed by atoms with Gasteiger partial charge in [0.1, 0.15) is 5.75 Å². The summed E-state index contributed by atoms with van der Waals surface area (Å²) in [4.78, 5) is 7.61. The Labute approximate surface area is 226 Å². The Morgan fingerprint density at radius 3 is 2.57 bits per heavy atom. The molecule has 0 spiro atoms. The third-order valence-electron chi connectivity index (χ3n) is 8.00. The van der Waals surface area contributed by atoms with Crippen LogP contribution in [0.15, 0.2) is 36.4 Å². The number of nitrogens with zero attached hydrogens (tertiary/aromatic N) is 3. The summed E-state index contributed by atoms with van der Waals surface area (Å²) in [5.41, 5.74) is 2.50. The maximum atomic E-state index is 6.26. The fourth-order valence-corrected chi connectivity index (χ4v) is 6.19. The molecule has 2 aromatic carbocycles. The van der Waals surface area contributed by atoms with Crippen LogP contribution in [0.1, 0.15) is 37.3 Å². The average Bonchev–Trinajstić information content (AvgIpc) is 2.95. The molecule has 37 heavy (non-hydrogen) atoms. The van der Waals surface area contributed by atoms with E-state index < -0.39 is 0 Å². The predicted octanol–water partition coefficient (Wildman–Crippen LogP) is 4.87. The lowest BCUT2D eigenvalue weighted by Crippen LogP contribution is -2.55. The van der Waals surface area contributed by atoms with Gasteiger partial charge in [-0.25, -0.2) is 0 Å². The highest BCUT2D eigenvalue weighted by molar-refractivity contribution is 6.32. The van der Waals surface area contributed by atoms with E-state index in [0.717, 1.165) is 76.2 Å². The van der Waals surface area contributed by atoms with Crippen LogP contribution < -0.4 is 19.1 Å². The first kappa shape index (κ1) is 26.4. The van der Waals surface area contributed by atoms with Crippen LogP contribution in [0.2, 0.25) is 5.02 Å². The summed E-state index contributed by atoms with van der Waals surface area (Å²) in [6.45, 7) is 8.47. The fraction of sp³-hybridized carbons (Fsp3) is 0.586. The molecule has 0 aliphatic carbocycles. The van der Waals surface area contributed by atoms with E-state index in [2.05, 4.69) is 45.0 Å². The summed E-state index contributed by atoms with van der Waals surface area (Å²) >= 11 is 6.26. The maximum absolute atomic E-state index is 6.26. The SMILES string of the molecule is COc1cc(N2CCN3C(CCC[C@@H]3c3ccc(OCCCN4CCOCC4)c(OC)c3)C2)ccc1Cl. The Morgan fingerprint density at radius 2 is 1.76 bits per heavy atom. The van der Waals surface area contributed by atoms with Crippen LogP contribution in [0.5, 0.6) is 17.2 Å². The van der Waals surface area contributed by atoms with Gasteiger partial charge in [-0.2, -0.15) is 0 Å². The van der Waals surface area contributed by atoms with Crippen LogP contribution in [0.4, 0.5) is 5.69 Å². The maximum Gasteiger partial charge on any atom is 0.161 e. The molecular weight excluding hydrogens is 490 g/mol. The zero-order valence-corrected chi connectivity index (χ0v) is 22.9. The third-order valence-corrected chi connectivity index (χ3v) is 8.31. The van der Waals surface area contributed by atoms with Gasteiger partial charge in [0, 0.05) is 63.1 Å². The van der Waals surface area contributed by atoms with Gasteiger partial charge >= 0.3 is 0 Å². The minimum atomic E-state index is 0.407. The number of hydrogen-bond acceptors (Lipinski definition) is 7. The number of anilines is 1. The molecule has 0 amide bonds. The Morgan fingerprint density at radius 1 is 0.919 bits per heavy atom. The van der Waals surface area contributed by atoms with Crippen LogP contribution in [0, 0.1) is 0 Å². The second kappa shape index (κ2) is 12.6. The first-order chi connectivity index (χ1) is 18.2. The molecule has 3 aliphatic rings. The number of morpholine rings is 1. The lowest BCUT2D eigenvalue weighted by Gasteiger charge is -2.49. The highest BCUT2D eigenvalue weighted by Gasteiger charge is 2.36. The molecule has 0 saturated carbocycles. The summed E-state index contributed by atoms with van der Waals surface area (Å²) in [6.07, 6.45) is 4.62. The van der Waals surface area contributed by atoms with E-state index in [1.165, 1.54) is 30.5 Å². The van der Waals surface area contributed by atoms with E-state index in [-0.39, 0.29) is 0 Å². The Bertz CT molecular complexity index is 1030. The highest BCUT2D eigenvalue weighted by Crippen LogP contribution is 2.40. The molecule has 3 aliphatic heterocycles. The summed E-state index contributed by atoms with van der Waals surface area (Å²) in [5.74, 6) is 2.40. The Hall–Kier alpha value is -2.19. The molecule has 0 N–H and O–H groups in total. The Kier molecular flexibility index (Phi) is 8.98. The van der Waals surface area contributed by atoms with Crippen molar-refractivity contribution in [3.63, 3.8) is 0 Å². The first-order valence-electron chi connectivity index (χ1n) is 13.6. The second-order valence-corrected chi connectivity index (χ2v) is 10.6. The molecule has 2 aromatic rings. The van der Waals surface area contributed by atoms with Gasteiger partial charge in [-0.15, -0.1) is 0 Å². The van der Waals surface area contributed by atoms with Crippen molar-refractivity contribution in [3.05, 3.63) is 47.0 Å². The zero-order chi connectivity index (χ0) is 25.6. The average molecular weight is 530 g/mol. The van der Waals surface area contributed by atoms with Crippen LogP contribution in [0.3, 0.4) is 0 Å². The van der Waals surface area contributed by atoms with Gasteiger partial charge in [-0.05, 0) is 55.5 Å². The van der Waals surface area contributed by atoms with Crippen molar-refractivity contribution < 1.29 is 18.9 Å². The van der Waals surface area contributed by atoms with Crippen LogP contribution >= 0.6 is 11.6 Å². The number of piperidine rings is 1. The Balaban J connectivity index is 1.20. The molecule has 202 valence electrons. The predicted molar refractivity (Wildman–Crippen MR) is 148 cm³/mol. The van der Waals surface area contributed by atoms with E-state index in [9.17, 15) is 0 Å². The van der Waals surface area contributed by atoms with Crippen molar-refractivity contribution in [1.82, 2.24) is 9.80 Å². The van der Waals surface area contributed by atoms with Crippen LogP contribution in [-0.4, -0.2) is 89.2 Å². The summed E-state index contributed by atoms with van der Waals surface area (Å²) < 4.78 is 22.8. The van der Waals surface area contributed by atoms with E-state index in [4.69, 9.17) is 30.5 Å². The lowest BCUT2D eigenvalue weighted by atomic mass is 9.89. The lowest BCUT2D eigenvalue weighted by molar-refractivity contribution is 0.0357. The number of methoxy groups -OCH3 is 2. The summed E-state index contributed by atoms with van der Waals surface area (Å²) in [5, 5.41) is 0.654. The molecule has 3 fully saturated rings. The minimum absolute atomic E-state index is 0.407. The third kappa shape index (κ3) is 6.28.